The Morgan fingerprint density at radius 3 is 2.88 bits per heavy atom. The summed E-state index contributed by atoms with van der Waals surface area (Å²) in [5.74, 6) is 0.868. The van der Waals surface area contributed by atoms with Crippen molar-refractivity contribution in [3.8, 4) is 17.0 Å². The number of aryl methyl sites for hydroxylation is 2. The summed E-state index contributed by atoms with van der Waals surface area (Å²) < 4.78 is 7.25. The molecule has 162 valence electrons. The number of pyridine rings is 2. The molecular formula is C24H23N5O3. The van der Waals surface area contributed by atoms with Crippen molar-refractivity contribution >= 4 is 28.3 Å². The highest BCUT2D eigenvalue weighted by molar-refractivity contribution is 6.04. The molecule has 4 aromatic rings. The van der Waals surface area contributed by atoms with Gasteiger partial charge >= 0.3 is 0 Å². The van der Waals surface area contributed by atoms with Gasteiger partial charge in [0, 0.05) is 43.0 Å². The number of rotatable bonds is 3. The third-order valence-corrected chi connectivity index (χ3v) is 5.81. The molecular weight excluding hydrogens is 406 g/mol. The van der Waals surface area contributed by atoms with Crippen LogP contribution in [-0.2, 0) is 7.05 Å². The molecule has 0 radical (unpaired) electrons. The second-order valence-electron chi connectivity index (χ2n) is 7.99. The van der Waals surface area contributed by atoms with Gasteiger partial charge in [0.1, 0.15) is 23.7 Å². The van der Waals surface area contributed by atoms with Crippen LogP contribution in [0.15, 0.2) is 53.6 Å². The Bertz CT molecular complexity index is 1420. The van der Waals surface area contributed by atoms with Crippen molar-refractivity contribution in [3.63, 3.8) is 0 Å². The molecule has 0 fully saturated rings. The summed E-state index contributed by atoms with van der Waals surface area (Å²) in [6.45, 7) is 3.35. The van der Waals surface area contributed by atoms with E-state index in [0.29, 0.717) is 34.9 Å². The number of aromatic amines is 1. The fraction of sp³-hybridized carbons (Fsp3) is 0.208. The van der Waals surface area contributed by atoms with Crippen molar-refractivity contribution in [1.29, 1.82) is 0 Å². The van der Waals surface area contributed by atoms with Gasteiger partial charge in [0.05, 0.1) is 17.9 Å². The zero-order valence-electron chi connectivity index (χ0n) is 18.1. The molecule has 8 nitrogen and oxygen atoms in total. The number of anilines is 2. The van der Waals surface area contributed by atoms with Crippen molar-refractivity contribution in [1.82, 2.24) is 14.5 Å². The highest BCUT2D eigenvalue weighted by atomic mass is 16.5. The molecule has 0 unspecified atom stereocenters. The van der Waals surface area contributed by atoms with Crippen LogP contribution in [0.4, 0.5) is 11.5 Å². The molecule has 1 aliphatic heterocycles. The number of H-pyrrole nitrogens is 1. The number of aromatic nitrogens is 3. The molecule has 3 aromatic heterocycles. The Balaban J connectivity index is 1.49. The zero-order chi connectivity index (χ0) is 22.4. The first-order chi connectivity index (χ1) is 15.4. The minimum absolute atomic E-state index is 0.101. The number of carbonyl (C=O) groups excluding carboxylic acids is 1. The van der Waals surface area contributed by atoms with Gasteiger partial charge in [-0.15, -0.1) is 0 Å². The summed E-state index contributed by atoms with van der Waals surface area (Å²) in [6.07, 6.45) is 3.52. The molecule has 0 spiro atoms. The van der Waals surface area contributed by atoms with Gasteiger partial charge in [-0.1, -0.05) is 6.07 Å². The maximum atomic E-state index is 12.9. The van der Waals surface area contributed by atoms with Gasteiger partial charge in [0.2, 0.25) is 0 Å². The Morgan fingerprint density at radius 2 is 2.03 bits per heavy atom. The van der Waals surface area contributed by atoms with Crippen LogP contribution in [0.25, 0.3) is 22.2 Å². The fourth-order valence-corrected chi connectivity index (χ4v) is 4.02. The Morgan fingerprint density at radius 1 is 1.19 bits per heavy atom. The number of nitrogens with zero attached hydrogens (tertiary/aromatic N) is 3. The number of hydrogen-bond acceptors (Lipinski definition) is 5. The van der Waals surface area contributed by atoms with Crippen LogP contribution in [-0.4, -0.2) is 40.6 Å². The lowest BCUT2D eigenvalue weighted by molar-refractivity contribution is 0.102. The minimum Gasteiger partial charge on any atom is -0.490 e. The molecule has 2 N–H and O–H groups in total. The Labute approximate surface area is 184 Å². The number of likely N-dealkylation sites (N-methyl/N-ethyl adjacent to an activating group) is 1. The molecule has 0 atom stereocenters. The average Bonchev–Trinajstić information content (AvgIpc) is 3.28. The van der Waals surface area contributed by atoms with E-state index in [2.05, 4.69) is 15.2 Å². The Kier molecular flexibility index (Phi) is 4.70. The predicted molar refractivity (Wildman–Crippen MR) is 125 cm³/mol. The highest BCUT2D eigenvalue weighted by Crippen LogP contribution is 2.32. The van der Waals surface area contributed by atoms with Gasteiger partial charge in [-0.25, -0.2) is 4.98 Å². The van der Waals surface area contributed by atoms with Crippen molar-refractivity contribution < 1.29 is 9.53 Å². The minimum atomic E-state index is -0.265. The second-order valence-corrected chi connectivity index (χ2v) is 7.99. The van der Waals surface area contributed by atoms with E-state index >= 15 is 0 Å². The maximum absolute atomic E-state index is 12.9. The lowest BCUT2D eigenvalue weighted by Gasteiger charge is -2.27. The van der Waals surface area contributed by atoms with Crippen LogP contribution in [0.2, 0.25) is 0 Å². The monoisotopic (exact) mass is 429 g/mol. The summed E-state index contributed by atoms with van der Waals surface area (Å²) in [7, 11) is 3.71. The van der Waals surface area contributed by atoms with E-state index in [4.69, 9.17) is 9.72 Å². The molecule has 4 heterocycles. The van der Waals surface area contributed by atoms with Crippen molar-refractivity contribution in [3.05, 3.63) is 70.3 Å². The van der Waals surface area contributed by atoms with E-state index in [0.717, 1.165) is 28.7 Å². The number of ether oxygens (including phenoxy) is 1. The van der Waals surface area contributed by atoms with Gasteiger partial charge in [-0.3, -0.25) is 9.59 Å². The molecule has 5 rings (SSSR count). The molecule has 1 amide bonds. The first-order valence-corrected chi connectivity index (χ1v) is 10.4. The van der Waals surface area contributed by atoms with Crippen LogP contribution < -0.4 is 20.5 Å². The molecule has 0 bridgehead atoms. The van der Waals surface area contributed by atoms with E-state index in [1.807, 2.05) is 32.2 Å². The second kappa shape index (κ2) is 7.56. The molecule has 32 heavy (non-hydrogen) atoms. The SMILES string of the molecule is Cc1ccc(NC(=O)c2ccc3c(c2)OCCN3C)nc1-c1cn(C)c(=O)c2[nH]ccc12. The van der Waals surface area contributed by atoms with Crippen molar-refractivity contribution in [2.75, 3.05) is 30.4 Å². The zero-order valence-corrected chi connectivity index (χ0v) is 18.1. The number of carbonyl (C=O) groups is 1. The number of benzene rings is 1. The third-order valence-electron chi connectivity index (χ3n) is 5.81. The van der Waals surface area contributed by atoms with Crippen LogP contribution in [0.1, 0.15) is 15.9 Å². The van der Waals surface area contributed by atoms with E-state index in [1.165, 1.54) is 4.57 Å². The smallest absolute Gasteiger partial charge is 0.274 e. The van der Waals surface area contributed by atoms with Crippen LogP contribution in [0, 0.1) is 6.92 Å². The number of nitrogens with one attached hydrogen (secondary N) is 2. The first kappa shape index (κ1) is 19.9. The lowest BCUT2D eigenvalue weighted by Crippen LogP contribution is -2.29. The molecule has 0 aliphatic carbocycles. The van der Waals surface area contributed by atoms with Gasteiger partial charge in [-0.2, -0.15) is 0 Å². The average molecular weight is 429 g/mol. The van der Waals surface area contributed by atoms with E-state index in [9.17, 15) is 9.59 Å². The lowest BCUT2D eigenvalue weighted by atomic mass is 10.0. The number of amides is 1. The summed E-state index contributed by atoms with van der Waals surface area (Å²) in [5, 5.41) is 3.68. The summed E-state index contributed by atoms with van der Waals surface area (Å²) in [5.41, 5.74) is 4.36. The van der Waals surface area contributed by atoms with E-state index in [1.54, 1.807) is 37.6 Å². The standard InChI is InChI=1S/C24H23N5O3/c1-14-4-7-20(26-21(14)17-13-29(3)24(31)22-16(17)8-9-25-22)27-23(30)15-5-6-18-19(12-15)32-11-10-28(18)2/h4-9,12-13,25H,10-11H2,1-3H3,(H,26,27,30). The quantitative estimate of drug-likeness (QED) is 0.521. The van der Waals surface area contributed by atoms with Gasteiger partial charge in [-0.05, 0) is 42.8 Å². The Hall–Kier alpha value is -4.07. The van der Waals surface area contributed by atoms with Crippen LogP contribution >= 0.6 is 0 Å². The molecule has 0 saturated carbocycles. The maximum Gasteiger partial charge on any atom is 0.274 e. The summed E-state index contributed by atoms with van der Waals surface area (Å²) in [4.78, 5) is 35.1. The molecule has 8 heteroatoms. The predicted octanol–water partition coefficient (Wildman–Crippen LogP) is 3.32. The first-order valence-electron chi connectivity index (χ1n) is 10.4. The van der Waals surface area contributed by atoms with Gasteiger partial charge < -0.3 is 24.5 Å². The molecule has 0 saturated heterocycles. The third kappa shape index (κ3) is 3.30. The van der Waals surface area contributed by atoms with Crippen molar-refractivity contribution in [2.24, 2.45) is 7.05 Å². The molecule has 1 aromatic carbocycles. The van der Waals surface area contributed by atoms with E-state index < -0.39 is 0 Å². The van der Waals surface area contributed by atoms with Gasteiger partial charge in [0.15, 0.2) is 0 Å². The highest BCUT2D eigenvalue weighted by Gasteiger charge is 2.18. The topological polar surface area (TPSA) is 92.2 Å². The van der Waals surface area contributed by atoms with Crippen LogP contribution in [0.3, 0.4) is 0 Å². The van der Waals surface area contributed by atoms with Crippen molar-refractivity contribution in [2.45, 2.75) is 6.92 Å². The number of hydrogen-bond donors (Lipinski definition) is 2. The number of fused-ring (bicyclic) bond motifs is 2. The molecule has 1 aliphatic rings. The summed E-state index contributed by atoms with van der Waals surface area (Å²) >= 11 is 0. The van der Waals surface area contributed by atoms with Crippen LogP contribution in [0.5, 0.6) is 5.75 Å². The van der Waals surface area contributed by atoms with Gasteiger partial charge in [0.25, 0.3) is 11.5 Å². The fourth-order valence-electron chi connectivity index (χ4n) is 4.02. The largest absolute Gasteiger partial charge is 0.490 e. The summed E-state index contributed by atoms with van der Waals surface area (Å²) in [6, 6.07) is 11.0. The normalized spacial score (nSPS) is 13.0. The van der Waals surface area contributed by atoms with E-state index in [-0.39, 0.29) is 11.5 Å².